The average Bonchev–Trinajstić information content (AvgIpc) is 2.66. The molecule has 0 aliphatic carbocycles. The Hall–Kier alpha value is -2.69. The van der Waals surface area contributed by atoms with Crippen LogP contribution in [0.15, 0.2) is 54.6 Å². The van der Waals surface area contributed by atoms with Crippen molar-refractivity contribution < 1.29 is 14.0 Å². The molecule has 0 saturated carbocycles. The maximum Gasteiger partial charge on any atom is 0.242 e. The molecule has 1 N–H and O–H groups in total. The molecule has 26 heavy (non-hydrogen) atoms. The molecule has 138 valence electrons. The van der Waals surface area contributed by atoms with Crippen molar-refractivity contribution in [2.24, 2.45) is 0 Å². The lowest BCUT2D eigenvalue weighted by molar-refractivity contribution is -0.140. The zero-order valence-electron chi connectivity index (χ0n) is 15.2. The Morgan fingerprint density at radius 2 is 1.73 bits per heavy atom. The third-order valence-electron chi connectivity index (χ3n) is 4.21. The van der Waals surface area contributed by atoms with E-state index in [9.17, 15) is 14.0 Å². The van der Waals surface area contributed by atoms with Gasteiger partial charge in [-0.15, -0.1) is 0 Å². The van der Waals surface area contributed by atoms with Crippen LogP contribution in [0.25, 0.3) is 0 Å². The summed E-state index contributed by atoms with van der Waals surface area (Å²) in [4.78, 5) is 26.8. The fourth-order valence-corrected chi connectivity index (χ4v) is 2.66. The molecule has 2 amide bonds. The first-order valence-electron chi connectivity index (χ1n) is 8.87. The molecule has 4 nitrogen and oxygen atoms in total. The van der Waals surface area contributed by atoms with E-state index < -0.39 is 11.9 Å². The monoisotopic (exact) mass is 356 g/mol. The smallest absolute Gasteiger partial charge is 0.242 e. The topological polar surface area (TPSA) is 49.4 Å². The summed E-state index contributed by atoms with van der Waals surface area (Å²) >= 11 is 0. The second-order valence-electron chi connectivity index (χ2n) is 6.24. The van der Waals surface area contributed by atoms with Gasteiger partial charge in [0.25, 0.3) is 0 Å². The minimum atomic E-state index is -0.638. The molecular weight excluding hydrogens is 331 g/mol. The number of halogens is 1. The second-order valence-corrected chi connectivity index (χ2v) is 6.24. The minimum Gasteiger partial charge on any atom is -0.354 e. The number of amides is 2. The predicted octanol–water partition coefficient (Wildman–Crippen LogP) is 3.31. The van der Waals surface area contributed by atoms with Crippen molar-refractivity contribution in [2.75, 3.05) is 6.54 Å². The van der Waals surface area contributed by atoms with Gasteiger partial charge in [-0.2, -0.15) is 0 Å². The lowest BCUT2D eigenvalue weighted by Gasteiger charge is -2.29. The molecule has 0 aliphatic heterocycles. The SMILES string of the molecule is CCCNC(=O)[C@H](C)N(Cc1ccccc1)C(=O)Cc1ccccc1F. The van der Waals surface area contributed by atoms with Gasteiger partial charge in [0, 0.05) is 13.1 Å². The number of carbonyl (C=O) groups excluding carboxylic acids is 2. The first-order chi connectivity index (χ1) is 12.5. The van der Waals surface area contributed by atoms with E-state index in [-0.39, 0.29) is 18.2 Å². The summed E-state index contributed by atoms with van der Waals surface area (Å²) in [6, 6.07) is 15.1. The van der Waals surface area contributed by atoms with E-state index in [1.54, 1.807) is 25.1 Å². The van der Waals surface area contributed by atoms with Crippen molar-refractivity contribution in [3.05, 3.63) is 71.5 Å². The van der Waals surface area contributed by atoms with Crippen molar-refractivity contribution >= 4 is 11.8 Å². The Morgan fingerprint density at radius 1 is 1.08 bits per heavy atom. The van der Waals surface area contributed by atoms with Gasteiger partial charge in [0.1, 0.15) is 11.9 Å². The van der Waals surface area contributed by atoms with Crippen LogP contribution >= 0.6 is 0 Å². The summed E-state index contributed by atoms with van der Waals surface area (Å²) < 4.78 is 13.9. The average molecular weight is 356 g/mol. The Balaban J connectivity index is 2.19. The molecule has 0 fully saturated rings. The molecule has 0 aromatic heterocycles. The highest BCUT2D eigenvalue weighted by Crippen LogP contribution is 2.14. The molecule has 0 unspecified atom stereocenters. The van der Waals surface area contributed by atoms with Crippen LogP contribution in [0.3, 0.4) is 0 Å². The number of nitrogens with one attached hydrogen (secondary N) is 1. The van der Waals surface area contributed by atoms with Crippen LogP contribution in [0.1, 0.15) is 31.4 Å². The van der Waals surface area contributed by atoms with Crippen LogP contribution in [0.4, 0.5) is 4.39 Å². The van der Waals surface area contributed by atoms with Crippen molar-refractivity contribution in [2.45, 2.75) is 39.3 Å². The Labute approximate surface area is 154 Å². The third-order valence-corrected chi connectivity index (χ3v) is 4.21. The largest absolute Gasteiger partial charge is 0.354 e. The number of carbonyl (C=O) groups is 2. The van der Waals surface area contributed by atoms with Crippen LogP contribution in [0.5, 0.6) is 0 Å². The molecule has 0 radical (unpaired) electrons. The van der Waals surface area contributed by atoms with Crippen LogP contribution in [-0.4, -0.2) is 29.3 Å². The van der Waals surface area contributed by atoms with E-state index in [1.807, 2.05) is 37.3 Å². The maximum atomic E-state index is 13.9. The summed E-state index contributed by atoms with van der Waals surface area (Å²) in [5.74, 6) is -0.897. The van der Waals surface area contributed by atoms with E-state index >= 15 is 0 Å². The summed E-state index contributed by atoms with van der Waals surface area (Å²) in [7, 11) is 0. The maximum absolute atomic E-state index is 13.9. The van der Waals surface area contributed by atoms with Gasteiger partial charge in [0.15, 0.2) is 0 Å². The van der Waals surface area contributed by atoms with Gasteiger partial charge in [-0.3, -0.25) is 9.59 Å². The van der Waals surface area contributed by atoms with E-state index in [1.165, 1.54) is 11.0 Å². The first-order valence-corrected chi connectivity index (χ1v) is 8.87. The fourth-order valence-electron chi connectivity index (χ4n) is 2.66. The molecule has 2 rings (SSSR count). The van der Waals surface area contributed by atoms with Gasteiger partial charge in [-0.05, 0) is 30.5 Å². The van der Waals surface area contributed by atoms with E-state index in [0.717, 1.165) is 12.0 Å². The number of hydrogen-bond acceptors (Lipinski definition) is 2. The molecule has 2 aromatic carbocycles. The van der Waals surface area contributed by atoms with Gasteiger partial charge in [0.05, 0.1) is 6.42 Å². The van der Waals surface area contributed by atoms with Crippen LogP contribution in [0.2, 0.25) is 0 Å². The molecule has 0 bridgehead atoms. The number of benzene rings is 2. The fraction of sp³-hybridized carbons (Fsp3) is 0.333. The van der Waals surface area contributed by atoms with E-state index in [4.69, 9.17) is 0 Å². The quantitative estimate of drug-likeness (QED) is 0.789. The number of hydrogen-bond donors (Lipinski definition) is 1. The first kappa shape index (κ1) is 19.6. The summed E-state index contributed by atoms with van der Waals surface area (Å²) in [5.41, 5.74) is 1.25. The highest BCUT2D eigenvalue weighted by atomic mass is 19.1. The Kier molecular flexibility index (Phi) is 7.33. The Bertz CT molecular complexity index is 734. The molecule has 0 heterocycles. The zero-order chi connectivity index (χ0) is 18.9. The van der Waals surface area contributed by atoms with Crippen LogP contribution in [0, 0.1) is 5.82 Å². The van der Waals surface area contributed by atoms with Crippen molar-refractivity contribution in [3.8, 4) is 0 Å². The Morgan fingerprint density at radius 3 is 2.38 bits per heavy atom. The third kappa shape index (κ3) is 5.41. The van der Waals surface area contributed by atoms with Gasteiger partial charge >= 0.3 is 0 Å². The lowest BCUT2D eigenvalue weighted by atomic mass is 10.1. The highest BCUT2D eigenvalue weighted by molar-refractivity contribution is 5.88. The van der Waals surface area contributed by atoms with Gasteiger partial charge in [-0.1, -0.05) is 55.5 Å². The molecule has 0 aliphatic rings. The normalized spacial score (nSPS) is 11.7. The number of rotatable bonds is 8. The zero-order valence-corrected chi connectivity index (χ0v) is 15.2. The lowest BCUT2D eigenvalue weighted by Crippen LogP contribution is -2.48. The summed E-state index contributed by atoms with van der Waals surface area (Å²) in [6.07, 6.45) is 0.741. The molecule has 2 aromatic rings. The van der Waals surface area contributed by atoms with Gasteiger partial charge in [0.2, 0.25) is 11.8 Å². The van der Waals surface area contributed by atoms with Gasteiger partial charge < -0.3 is 10.2 Å². The van der Waals surface area contributed by atoms with Crippen LogP contribution < -0.4 is 5.32 Å². The van der Waals surface area contributed by atoms with Gasteiger partial charge in [-0.25, -0.2) is 4.39 Å². The van der Waals surface area contributed by atoms with Crippen molar-refractivity contribution in [1.29, 1.82) is 0 Å². The molecule has 0 saturated heterocycles. The minimum absolute atomic E-state index is 0.0785. The van der Waals surface area contributed by atoms with Crippen molar-refractivity contribution in [3.63, 3.8) is 0 Å². The predicted molar refractivity (Wildman–Crippen MR) is 99.9 cm³/mol. The highest BCUT2D eigenvalue weighted by Gasteiger charge is 2.26. The van der Waals surface area contributed by atoms with E-state index in [0.29, 0.717) is 18.7 Å². The molecule has 1 atom stereocenters. The molecule has 0 spiro atoms. The van der Waals surface area contributed by atoms with Crippen molar-refractivity contribution in [1.82, 2.24) is 10.2 Å². The number of nitrogens with zero attached hydrogens (tertiary/aromatic N) is 1. The molecular formula is C21H25FN2O2. The van der Waals surface area contributed by atoms with E-state index in [2.05, 4.69) is 5.32 Å². The standard InChI is InChI=1S/C21H25FN2O2/c1-3-13-23-21(26)16(2)24(15-17-9-5-4-6-10-17)20(25)14-18-11-7-8-12-19(18)22/h4-12,16H,3,13-15H2,1-2H3,(H,23,26)/t16-/m0/s1. The second kappa shape index (κ2) is 9.70. The molecule has 5 heteroatoms. The van der Waals surface area contributed by atoms with Crippen LogP contribution in [-0.2, 0) is 22.6 Å². The summed E-state index contributed by atoms with van der Waals surface area (Å²) in [6.45, 7) is 4.53. The summed E-state index contributed by atoms with van der Waals surface area (Å²) in [5, 5.41) is 2.82.